The third-order valence-electron chi connectivity index (χ3n) is 2.48. The van der Waals surface area contributed by atoms with E-state index >= 15 is 0 Å². The van der Waals surface area contributed by atoms with E-state index in [2.05, 4.69) is 25.0 Å². The molecule has 0 fully saturated rings. The number of anilines is 3. The minimum atomic E-state index is -4.33. The van der Waals surface area contributed by atoms with Gasteiger partial charge in [-0.1, -0.05) is 0 Å². The smallest absolute Gasteiger partial charge is 0.370 e. The van der Waals surface area contributed by atoms with Crippen molar-refractivity contribution in [3.63, 3.8) is 0 Å². The molecule has 0 radical (unpaired) electrons. The monoisotopic (exact) mass is 308 g/mol. The van der Waals surface area contributed by atoms with Crippen LogP contribution in [0.1, 0.15) is 13.8 Å². The van der Waals surface area contributed by atoms with Crippen molar-refractivity contribution in [2.24, 2.45) is 0 Å². The first-order valence-corrected chi connectivity index (χ1v) is 6.50. The first kappa shape index (κ1) is 17.2. The average molecular weight is 308 g/mol. The van der Waals surface area contributed by atoms with E-state index in [4.69, 9.17) is 5.73 Å². The Kier molecular flexibility index (Phi) is 6.40. The summed E-state index contributed by atoms with van der Waals surface area (Å²) in [6.45, 7) is 4.03. The van der Waals surface area contributed by atoms with E-state index in [-0.39, 0.29) is 25.0 Å². The number of hydrogen-bond acceptors (Lipinski definition) is 7. The fourth-order valence-electron chi connectivity index (χ4n) is 1.53. The summed E-state index contributed by atoms with van der Waals surface area (Å²) >= 11 is 0. The van der Waals surface area contributed by atoms with E-state index in [1.54, 1.807) is 0 Å². The number of aromatic nitrogens is 3. The average Bonchev–Trinajstić information content (AvgIpc) is 2.38. The molecule has 0 amide bonds. The lowest BCUT2D eigenvalue weighted by molar-refractivity contribution is -0.172. The summed E-state index contributed by atoms with van der Waals surface area (Å²) in [6.07, 6.45) is -4.33. The van der Waals surface area contributed by atoms with E-state index in [0.717, 1.165) is 0 Å². The molecule has 3 N–H and O–H groups in total. The van der Waals surface area contributed by atoms with Gasteiger partial charge in [-0.3, -0.25) is 0 Å². The second kappa shape index (κ2) is 7.81. The fourth-order valence-corrected chi connectivity index (χ4v) is 1.53. The topological polar surface area (TPSA) is 89.2 Å². The van der Waals surface area contributed by atoms with E-state index in [1.807, 2.05) is 18.7 Å². The van der Waals surface area contributed by atoms with Gasteiger partial charge in [0.1, 0.15) is 6.61 Å². The lowest BCUT2D eigenvalue weighted by Gasteiger charge is -2.19. The van der Waals surface area contributed by atoms with Crippen LogP contribution >= 0.6 is 0 Å². The molecule has 1 aromatic rings. The number of nitrogens with two attached hydrogens (primary N) is 1. The molecule has 1 aromatic heterocycles. The highest BCUT2D eigenvalue weighted by Gasteiger charge is 2.27. The van der Waals surface area contributed by atoms with E-state index in [9.17, 15) is 13.2 Å². The van der Waals surface area contributed by atoms with Gasteiger partial charge in [0, 0.05) is 19.6 Å². The molecular weight excluding hydrogens is 289 g/mol. The lowest BCUT2D eigenvalue weighted by Crippen LogP contribution is -2.26. The molecule has 10 heteroatoms. The summed E-state index contributed by atoms with van der Waals surface area (Å²) < 4.78 is 40.1. The molecule has 1 rings (SSSR count). The number of hydrogen-bond donors (Lipinski definition) is 2. The molecule has 0 aromatic carbocycles. The molecule has 0 aliphatic carbocycles. The van der Waals surface area contributed by atoms with Gasteiger partial charge in [-0.05, 0) is 13.8 Å². The Morgan fingerprint density at radius 1 is 1.19 bits per heavy atom. The van der Waals surface area contributed by atoms with Gasteiger partial charge in [-0.15, -0.1) is 0 Å². The molecule has 0 saturated heterocycles. The van der Waals surface area contributed by atoms with Gasteiger partial charge in [0.25, 0.3) is 0 Å². The molecule has 0 saturated carbocycles. The standard InChI is InChI=1S/C11H19F3N6O/c1-3-20(4-2)10-18-8(15)17-9(19-10)16-5-6-21-7-11(12,13)14/h3-7H2,1-2H3,(H3,15,16,17,18,19). The Hall–Kier alpha value is -1.84. The number of nitrogens with zero attached hydrogens (tertiary/aromatic N) is 4. The molecular formula is C11H19F3N6O. The maximum absolute atomic E-state index is 11.9. The van der Waals surface area contributed by atoms with Gasteiger partial charge in [0.2, 0.25) is 17.8 Å². The highest BCUT2D eigenvalue weighted by atomic mass is 19.4. The molecule has 1 heterocycles. The van der Waals surface area contributed by atoms with Crippen molar-refractivity contribution in [3.05, 3.63) is 0 Å². The fraction of sp³-hybridized carbons (Fsp3) is 0.727. The molecule has 7 nitrogen and oxygen atoms in total. The summed E-state index contributed by atoms with van der Waals surface area (Å²) in [5, 5.41) is 2.75. The molecule has 0 atom stereocenters. The Balaban J connectivity index is 2.52. The van der Waals surface area contributed by atoms with Crippen LogP contribution in [0.15, 0.2) is 0 Å². The van der Waals surface area contributed by atoms with Crippen LogP contribution in [0, 0.1) is 0 Å². The molecule has 21 heavy (non-hydrogen) atoms. The van der Waals surface area contributed by atoms with Crippen molar-refractivity contribution in [2.75, 3.05) is 48.8 Å². The summed E-state index contributed by atoms with van der Waals surface area (Å²) in [6, 6.07) is 0. The number of nitrogens with one attached hydrogen (secondary N) is 1. The largest absolute Gasteiger partial charge is 0.411 e. The van der Waals surface area contributed by atoms with Gasteiger partial charge in [-0.2, -0.15) is 28.1 Å². The van der Waals surface area contributed by atoms with Crippen LogP contribution in [-0.4, -0.2) is 54.0 Å². The maximum atomic E-state index is 11.9. The summed E-state index contributed by atoms with van der Waals surface area (Å²) in [7, 11) is 0. The second-order valence-electron chi connectivity index (χ2n) is 4.08. The van der Waals surface area contributed by atoms with E-state index in [1.165, 1.54) is 0 Å². The first-order chi connectivity index (χ1) is 9.85. The zero-order chi connectivity index (χ0) is 15.9. The number of nitrogen functional groups attached to an aromatic ring is 1. The zero-order valence-corrected chi connectivity index (χ0v) is 11.9. The van der Waals surface area contributed by atoms with Crippen molar-refractivity contribution in [1.29, 1.82) is 0 Å². The van der Waals surface area contributed by atoms with E-state index < -0.39 is 12.8 Å². The van der Waals surface area contributed by atoms with Crippen LogP contribution in [0.2, 0.25) is 0 Å². The third-order valence-corrected chi connectivity index (χ3v) is 2.48. The number of rotatable bonds is 8. The van der Waals surface area contributed by atoms with Gasteiger partial charge in [-0.25, -0.2) is 0 Å². The van der Waals surface area contributed by atoms with Crippen molar-refractivity contribution < 1.29 is 17.9 Å². The number of halogens is 3. The van der Waals surface area contributed by atoms with Crippen LogP contribution in [0.3, 0.4) is 0 Å². The SMILES string of the molecule is CCN(CC)c1nc(N)nc(NCCOCC(F)(F)F)n1. The van der Waals surface area contributed by atoms with Gasteiger partial charge in [0.05, 0.1) is 6.61 Å². The maximum Gasteiger partial charge on any atom is 0.411 e. The first-order valence-electron chi connectivity index (χ1n) is 6.50. The second-order valence-corrected chi connectivity index (χ2v) is 4.08. The van der Waals surface area contributed by atoms with Crippen LogP contribution in [0.4, 0.5) is 31.0 Å². The van der Waals surface area contributed by atoms with E-state index in [0.29, 0.717) is 19.0 Å². The normalized spacial score (nSPS) is 11.5. The molecule has 0 unspecified atom stereocenters. The van der Waals surface area contributed by atoms with Crippen LogP contribution in [0.25, 0.3) is 0 Å². The van der Waals surface area contributed by atoms with Crippen LogP contribution in [0.5, 0.6) is 0 Å². The minimum Gasteiger partial charge on any atom is -0.370 e. The lowest BCUT2D eigenvalue weighted by atomic mass is 10.5. The summed E-state index contributed by atoms with van der Waals surface area (Å²) in [5.74, 6) is 0.678. The van der Waals surface area contributed by atoms with Crippen molar-refractivity contribution in [1.82, 2.24) is 15.0 Å². The highest BCUT2D eigenvalue weighted by molar-refractivity contribution is 5.41. The van der Waals surface area contributed by atoms with Crippen LogP contribution < -0.4 is 16.0 Å². The molecule has 120 valence electrons. The molecule has 0 aliphatic rings. The van der Waals surface area contributed by atoms with Crippen LogP contribution in [-0.2, 0) is 4.74 Å². The molecule has 0 aliphatic heterocycles. The Bertz CT molecular complexity index is 438. The van der Waals surface area contributed by atoms with Gasteiger partial charge in [0.15, 0.2) is 0 Å². The predicted molar refractivity (Wildman–Crippen MR) is 73.2 cm³/mol. The van der Waals surface area contributed by atoms with Crippen molar-refractivity contribution >= 4 is 17.8 Å². The van der Waals surface area contributed by atoms with Gasteiger partial charge < -0.3 is 20.7 Å². The predicted octanol–water partition coefficient (Wildman–Crippen LogP) is 1.29. The quantitative estimate of drug-likeness (QED) is 0.699. The van der Waals surface area contributed by atoms with Gasteiger partial charge >= 0.3 is 6.18 Å². The zero-order valence-electron chi connectivity index (χ0n) is 11.9. The summed E-state index contributed by atoms with van der Waals surface area (Å²) in [4.78, 5) is 13.9. The Morgan fingerprint density at radius 2 is 1.86 bits per heavy atom. The third kappa shape index (κ3) is 6.43. The number of alkyl halides is 3. The molecule has 0 bridgehead atoms. The molecule has 0 spiro atoms. The van der Waals surface area contributed by atoms with Crippen molar-refractivity contribution in [2.45, 2.75) is 20.0 Å². The Morgan fingerprint density at radius 3 is 2.43 bits per heavy atom. The van der Waals surface area contributed by atoms with Crippen molar-refractivity contribution in [3.8, 4) is 0 Å². The summed E-state index contributed by atoms with van der Waals surface area (Å²) in [5.41, 5.74) is 5.59. The number of ether oxygens (including phenoxy) is 1. The Labute approximate surface area is 120 Å². The minimum absolute atomic E-state index is 0.0469. The highest BCUT2D eigenvalue weighted by Crippen LogP contribution is 2.14.